The van der Waals surface area contributed by atoms with Crippen molar-refractivity contribution in [3.63, 3.8) is 0 Å². The fourth-order valence-electron chi connectivity index (χ4n) is 4.14. The first-order chi connectivity index (χ1) is 15.9. The topological polar surface area (TPSA) is 112 Å². The van der Waals surface area contributed by atoms with Crippen molar-refractivity contribution in [1.29, 1.82) is 5.26 Å². The molecule has 8 nitrogen and oxygen atoms in total. The minimum absolute atomic E-state index is 0.0221. The van der Waals surface area contributed by atoms with Crippen LogP contribution >= 0.6 is 0 Å². The van der Waals surface area contributed by atoms with Crippen LogP contribution in [0.3, 0.4) is 0 Å². The second-order valence-corrected chi connectivity index (χ2v) is 8.00. The van der Waals surface area contributed by atoms with Gasteiger partial charge in [-0.15, -0.1) is 0 Å². The number of hydrogen-bond acceptors (Lipinski definition) is 5. The van der Waals surface area contributed by atoms with E-state index in [9.17, 15) is 18.8 Å². The van der Waals surface area contributed by atoms with Crippen molar-refractivity contribution in [2.24, 2.45) is 15.9 Å². The van der Waals surface area contributed by atoms with Gasteiger partial charge in [0.1, 0.15) is 23.1 Å². The Morgan fingerprint density at radius 2 is 2.18 bits per heavy atom. The Labute approximate surface area is 188 Å². The molecular weight excluding hydrogens is 428 g/mol. The highest BCUT2D eigenvalue weighted by Crippen LogP contribution is 2.42. The first-order valence-electron chi connectivity index (χ1n) is 10.8. The van der Waals surface area contributed by atoms with Gasteiger partial charge in [0.15, 0.2) is 23.0 Å². The molecule has 2 aromatic heterocycles. The molecule has 1 fully saturated rings. The van der Waals surface area contributed by atoms with Crippen LogP contribution in [-0.2, 0) is 0 Å². The average molecular weight is 451 g/mol. The third-order valence-corrected chi connectivity index (χ3v) is 6.07. The van der Waals surface area contributed by atoms with E-state index in [-0.39, 0.29) is 28.6 Å². The second kappa shape index (κ2) is 9.02. The van der Waals surface area contributed by atoms with Crippen LogP contribution in [0.1, 0.15) is 62.2 Å². The number of nitriles is 1. The molecular formula is C23H23F2N7O. The van der Waals surface area contributed by atoms with Crippen LogP contribution in [0, 0.1) is 28.9 Å². The van der Waals surface area contributed by atoms with Crippen LogP contribution in [0.15, 0.2) is 33.0 Å². The highest BCUT2D eigenvalue weighted by atomic mass is 19.2. The molecule has 1 N–H and O–H groups in total. The summed E-state index contributed by atoms with van der Waals surface area (Å²) < 4.78 is 28.6. The van der Waals surface area contributed by atoms with Gasteiger partial charge in [-0.25, -0.2) is 23.4 Å². The molecule has 3 aromatic rings. The third-order valence-electron chi connectivity index (χ3n) is 6.07. The van der Waals surface area contributed by atoms with Gasteiger partial charge in [0.25, 0.3) is 5.56 Å². The molecule has 4 rings (SSSR count). The molecule has 3 unspecified atom stereocenters. The van der Waals surface area contributed by atoms with Crippen LogP contribution in [-0.4, -0.2) is 38.8 Å². The number of aliphatic imine (C=N–C) groups is 2. The van der Waals surface area contributed by atoms with Crippen molar-refractivity contribution >= 4 is 23.1 Å². The van der Waals surface area contributed by atoms with Crippen molar-refractivity contribution in [2.45, 2.75) is 45.1 Å². The van der Waals surface area contributed by atoms with Gasteiger partial charge >= 0.3 is 0 Å². The molecule has 0 spiro atoms. The van der Waals surface area contributed by atoms with Crippen molar-refractivity contribution in [1.82, 2.24) is 19.7 Å². The Balaban J connectivity index is 1.81. The molecule has 0 aliphatic heterocycles. The Hall–Kier alpha value is -3.74. The number of rotatable bonds is 5. The van der Waals surface area contributed by atoms with E-state index in [1.807, 2.05) is 13.0 Å². The minimum atomic E-state index is -0.987. The predicted octanol–water partition coefficient (Wildman–Crippen LogP) is 3.88. The lowest BCUT2D eigenvalue weighted by atomic mass is 9.72. The Morgan fingerprint density at radius 1 is 1.39 bits per heavy atom. The van der Waals surface area contributed by atoms with Gasteiger partial charge in [-0.2, -0.15) is 10.4 Å². The summed E-state index contributed by atoms with van der Waals surface area (Å²) in [4.78, 5) is 29.2. The molecule has 1 aliphatic carbocycles. The van der Waals surface area contributed by atoms with E-state index in [1.54, 1.807) is 20.2 Å². The van der Waals surface area contributed by atoms with Crippen molar-refractivity contribution in [3.05, 3.63) is 57.3 Å². The molecule has 1 saturated carbocycles. The number of aromatic amines is 1. The summed E-state index contributed by atoms with van der Waals surface area (Å²) in [5.74, 6) is -0.826. The monoisotopic (exact) mass is 451 g/mol. The van der Waals surface area contributed by atoms with Crippen LogP contribution in [0.2, 0.25) is 0 Å². The minimum Gasteiger partial charge on any atom is -0.310 e. The van der Waals surface area contributed by atoms with E-state index in [2.05, 4.69) is 25.1 Å². The number of H-pyrrole nitrogens is 1. The molecule has 33 heavy (non-hydrogen) atoms. The number of aromatic nitrogens is 4. The van der Waals surface area contributed by atoms with Crippen molar-refractivity contribution in [3.8, 4) is 6.07 Å². The first-order valence-corrected chi connectivity index (χ1v) is 10.8. The lowest BCUT2D eigenvalue weighted by molar-refractivity contribution is 0.323. The number of amidine groups is 1. The molecule has 170 valence electrons. The van der Waals surface area contributed by atoms with Gasteiger partial charge in [-0.05, 0) is 43.9 Å². The second-order valence-electron chi connectivity index (χ2n) is 8.00. The maximum atomic E-state index is 13.8. The molecule has 0 saturated heterocycles. The summed E-state index contributed by atoms with van der Waals surface area (Å²) in [5.41, 5.74) is 0.115. The SMILES string of the molecule is CCC=NC(=NC)C1CCC1c1nc2c(c(C#N)nn2C(C)c2ccc(F)c(F)c2)c(=O)[nH]1. The van der Waals surface area contributed by atoms with E-state index >= 15 is 0 Å². The van der Waals surface area contributed by atoms with E-state index in [4.69, 9.17) is 0 Å². The van der Waals surface area contributed by atoms with Gasteiger partial charge < -0.3 is 4.98 Å². The molecule has 0 amide bonds. The summed E-state index contributed by atoms with van der Waals surface area (Å²) in [5, 5.41) is 13.9. The third kappa shape index (κ3) is 3.95. The van der Waals surface area contributed by atoms with Gasteiger partial charge in [0.2, 0.25) is 0 Å². The number of halogens is 2. The Morgan fingerprint density at radius 3 is 2.79 bits per heavy atom. The van der Waals surface area contributed by atoms with Crippen LogP contribution in [0.4, 0.5) is 8.78 Å². The van der Waals surface area contributed by atoms with Crippen LogP contribution < -0.4 is 5.56 Å². The number of benzene rings is 1. The van der Waals surface area contributed by atoms with E-state index in [0.29, 0.717) is 17.2 Å². The number of nitrogens with one attached hydrogen (secondary N) is 1. The smallest absolute Gasteiger partial charge is 0.263 e. The molecule has 10 heteroatoms. The van der Waals surface area contributed by atoms with E-state index in [0.717, 1.165) is 31.4 Å². The summed E-state index contributed by atoms with van der Waals surface area (Å²) in [6.45, 7) is 3.71. The summed E-state index contributed by atoms with van der Waals surface area (Å²) in [6.07, 6.45) is 4.26. The highest BCUT2D eigenvalue weighted by molar-refractivity contribution is 5.92. The summed E-state index contributed by atoms with van der Waals surface area (Å²) >= 11 is 0. The van der Waals surface area contributed by atoms with Crippen molar-refractivity contribution in [2.75, 3.05) is 7.05 Å². The molecule has 1 aromatic carbocycles. The fraction of sp³-hybridized carbons (Fsp3) is 0.391. The predicted molar refractivity (Wildman–Crippen MR) is 121 cm³/mol. The molecule has 0 radical (unpaired) electrons. The molecule has 0 bridgehead atoms. The normalized spacial score (nSPS) is 19.6. The fourth-order valence-corrected chi connectivity index (χ4v) is 4.14. The van der Waals surface area contributed by atoms with Gasteiger partial charge in [-0.1, -0.05) is 13.0 Å². The Kier molecular flexibility index (Phi) is 6.14. The summed E-state index contributed by atoms with van der Waals surface area (Å²) in [6, 6.07) is 4.88. The average Bonchev–Trinajstić information content (AvgIpc) is 3.16. The van der Waals surface area contributed by atoms with E-state index in [1.165, 1.54) is 10.7 Å². The highest BCUT2D eigenvalue weighted by Gasteiger charge is 2.38. The molecule has 3 atom stereocenters. The molecule has 2 heterocycles. The zero-order valence-electron chi connectivity index (χ0n) is 18.5. The largest absolute Gasteiger partial charge is 0.310 e. The lowest BCUT2D eigenvalue weighted by Crippen LogP contribution is -2.33. The Bertz CT molecular complexity index is 1370. The quantitative estimate of drug-likeness (QED) is 0.468. The van der Waals surface area contributed by atoms with Crippen molar-refractivity contribution < 1.29 is 8.78 Å². The van der Waals surface area contributed by atoms with Gasteiger partial charge in [0, 0.05) is 25.1 Å². The van der Waals surface area contributed by atoms with Gasteiger partial charge in [0.05, 0.1) is 6.04 Å². The molecule has 1 aliphatic rings. The maximum Gasteiger partial charge on any atom is 0.263 e. The van der Waals surface area contributed by atoms with Gasteiger partial charge in [-0.3, -0.25) is 9.79 Å². The zero-order chi connectivity index (χ0) is 23.7. The zero-order valence-corrected chi connectivity index (χ0v) is 18.5. The van der Waals surface area contributed by atoms with Crippen LogP contribution in [0.5, 0.6) is 0 Å². The number of fused-ring (bicyclic) bond motifs is 1. The van der Waals surface area contributed by atoms with E-state index < -0.39 is 23.2 Å². The van der Waals surface area contributed by atoms with Crippen LogP contribution in [0.25, 0.3) is 11.0 Å². The maximum absolute atomic E-state index is 13.8. The first kappa shape index (κ1) is 22.5. The standard InChI is InChI=1S/C23H23F2N7O/c1-4-9-28-20(27-3)14-6-7-15(14)21-29-22-19(23(33)30-21)18(11-26)31-32(22)12(2)13-5-8-16(24)17(25)10-13/h5,8-10,12,14-15H,4,6-7H2,1-3H3,(H,29,30,33). The number of nitrogens with zero attached hydrogens (tertiary/aromatic N) is 6. The number of hydrogen-bond donors (Lipinski definition) is 1. The lowest BCUT2D eigenvalue weighted by Gasteiger charge is -2.35. The summed E-state index contributed by atoms with van der Waals surface area (Å²) in [7, 11) is 1.69.